The Kier molecular flexibility index (Phi) is 6.32. The van der Waals surface area contributed by atoms with E-state index in [1.165, 1.54) is 18.5 Å². The van der Waals surface area contributed by atoms with Gasteiger partial charge in [-0.2, -0.15) is 0 Å². The third kappa shape index (κ3) is 4.94. The molecule has 1 fully saturated rings. The molecule has 0 saturated carbocycles. The van der Waals surface area contributed by atoms with Crippen LogP contribution in [0.5, 0.6) is 5.75 Å². The number of benzene rings is 2. The summed E-state index contributed by atoms with van der Waals surface area (Å²) >= 11 is 6.05. The maximum atomic E-state index is 13.5. The van der Waals surface area contributed by atoms with Crippen molar-refractivity contribution in [2.24, 2.45) is 5.92 Å². The molecule has 1 aliphatic rings. The molecule has 8 heteroatoms. The lowest BCUT2D eigenvalue weighted by Gasteiger charge is -2.32. The van der Waals surface area contributed by atoms with Gasteiger partial charge in [0.05, 0.1) is 18.5 Å². The van der Waals surface area contributed by atoms with E-state index >= 15 is 0 Å². The topological polar surface area (TPSA) is 67.3 Å². The molecule has 0 bridgehead atoms. The van der Waals surface area contributed by atoms with Crippen molar-refractivity contribution >= 4 is 29.0 Å². The molecule has 6 nitrogen and oxygen atoms in total. The fourth-order valence-corrected chi connectivity index (χ4v) is 3.88. The maximum absolute atomic E-state index is 13.5. The van der Waals surface area contributed by atoms with Crippen LogP contribution in [0.2, 0.25) is 5.02 Å². The number of nitrogens with zero attached hydrogens (tertiary/aromatic N) is 3. The summed E-state index contributed by atoms with van der Waals surface area (Å²) in [4.78, 5) is 23.5. The highest BCUT2D eigenvalue weighted by Gasteiger charge is 2.26. The minimum atomic E-state index is -0.305. The van der Waals surface area contributed by atoms with E-state index in [-0.39, 0.29) is 17.6 Å². The second-order valence-electron chi connectivity index (χ2n) is 7.37. The third-order valence-corrected chi connectivity index (χ3v) is 5.62. The first-order valence-corrected chi connectivity index (χ1v) is 10.4. The summed E-state index contributed by atoms with van der Waals surface area (Å²) < 4.78 is 18.8. The highest BCUT2D eigenvalue weighted by atomic mass is 35.5. The minimum Gasteiger partial charge on any atom is -0.495 e. The van der Waals surface area contributed by atoms with E-state index in [9.17, 15) is 9.18 Å². The second kappa shape index (κ2) is 9.31. The number of carbonyl (C=O) groups is 1. The summed E-state index contributed by atoms with van der Waals surface area (Å²) in [6, 6.07) is 13.3. The first-order chi connectivity index (χ1) is 15.0. The number of aromatic nitrogens is 2. The van der Waals surface area contributed by atoms with Gasteiger partial charge in [-0.15, -0.1) is 0 Å². The van der Waals surface area contributed by atoms with E-state index in [1.807, 2.05) is 12.1 Å². The molecule has 1 saturated heterocycles. The number of hydrogen-bond donors (Lipinski definition) is 1. The predicted molar refractivity (Wildman–Crippen MR) is 119 cm³/mol. The molecule has 1 amide bonds. The molecule has 1 aliphatic heterocycles. The lowest BCUT2D eigenvalue weighted by Crippen LogP contribution is -2.38. The van der Waals surface area contributed by atoms with Crippen molar-refractivity contribution in [1.82, 2.24) is 9.97 Å². The van der Waals surface area contributed by atoms with Gasteiger partial charge in [0.2, 0.25) is 5.91 Å². The molecule has 1 N–H and O–H groups in total. The quantitative estimate of drug-likeness (QED) is 0.617. The first kappa shape index (κ1) is 21.1. The number of hydrogen-bond acceptors (Lipinski definition) is 5. The molecular formula is C23H22ClFN4O2. The summed E-state index contributed by atoms with van der Waals surface area (Å²) in [5.74, 6) is 0.860. The van der Waals surface area contributed by atoms with Gasteiger partial charge in [-0.1, -0.05) is 23.7 Å². The number of carbonyl (C=O) groups excluding carboxylic acids is 1. The second-order valence-corrected chi connectivity index (χ2v) is 7.80. The molecule has 31 heavy (non-hydrogen) atoms. The van der Waals surface area contributed by atoms with E-state index in [2.05, 4.69) is 20.2 Å². The monoisotopic (exact) mass is 440 g/mol. The number of nitrogens with one attached hydrogen (secondary N) is 1. The Bertz CT molecular complexity index is 1090. The van der Waals surface area contributed by atoms with E-state index in [4.69, 9.17) is 16.3 Å². The number of halogens is 2. The Hall–Kier alpha value is -3.19. The molecule has 2 aromatic carbocycles. The van der Waals surface area contributed by atoms with Crippen molar-refractivity contribution in [3.63, 3.8) is 0 Å². The van der Waals surface area contributed by atoms with Crippen molar-refractivity contribution in [2.75, 3.05) is 30.4 Å². The number of piperidine rings is 1. The Balaban J connectivity index is 1.40. The molecule has 0 spiro atoms. The fraction of sp³-hybridized carbons (Fsp3) is 0.261. The van der Waals surface area contributed by atoms with Crippen LogP contribution < -0.4 is 15.0 Å². The van der Waals surface area contributed by atoms with Crippen molar-refractivity contribution in [3.05, 3.63) is 65.7 Å². The molecule has 0 unspecified atom stereocenters. The van der Waals surface area contributed by atoms with Gasteiger partial charge < -0.3 is 15.0 Å². The predicted octanol–water partition coefficient (Wildman–Crippen LogP) is 4.80. The largest absolute Gasteiger partial charge is 0.495 e. The summed E-state index contributed by atoms with van der Waals surface area (Å²) in [6.45, 7) is 1.37. The molecule has 3 aromatic rings. The summed E-state index contributed by atoms with van der Waals surface area (Å²) in [5.41, 5.74) is 1.93. The zero-order valence-corrected chi connectivity index (χ0v) is 17.8. The van der Waals surface area contributed by atoms with Crippen LogP contribution in [0, 0.1) is 11.7 Å². The van der Waals surface area contributed by atoms with E-state index < -0.39 is 0 Å². The highest BCUT2D eigenvalue weighted by Crippen LogP contribution is 2.30. The molecule has 0 atom stereocenters. The molecule has 160 valence electrons. The van der Waals surface area contributed by atoms with E-state index in [0.29, 0.717) is 53.6 Å². The zero-order chi connectivity index (χ0) is 21.8. The van der Waals surface area contributed by atoms with Crippen LogP contribution in [0.4, 0.5) is 15.9 Å². The smallest absolute Gasteiger partial charge is 0.227 e. The Morgan fingerprint density at radius 2 is 1.97 bits per heavy atom. The number of anilines is 2. The summed E-state index contributed by atoms with van der Waals surface area (Å²) in [5, 5.41) is 3.47. The van der Waals surface area contributed by atoms with E-state index in [0.717, 1.165) is 5.82 Å². The van der Waals surface area contributed by atoms with Crippen molar-refractivity contribution in [3.8, 4) is 17.0 Å². The van der Waals surface area contributed by atoms with Gasteiger partial charge in [0, 0.05) is 35.7 Å². The van der Waals surface area contributed by atoms with Gasteiger partial charge in [-0.05, 0) is 43.2 Å². The number of amides is 1. The van der Waals surface area contributed by atoms with Crippen molar-refractivity contribution in [1.29, 1.82) is 0 Å². The Labute approximate surface area is 185 Å². The van der Waals surface area contributed by atoms with Gasteiger partial charge >= 0.3 is 0 Å². The zero-order valence-electron chi connectivity index (χ0n) is 17.0. The lowest BCUT2D eigenvalue weighted by atomic mass is 9.95. The maximum Gasteiger partial charge on any atom is 0.227 e. The molecule has 1 aromatic heterocycles. The van der Waals surface area contributed by atoms with Crippen LogP contribution in [-0.4, -0.2) is 36.1 Å². The summed E-state index contributed by atoms with van der Waals surface area (Å²) in [6.07, 6.45) is 2.86. The number of ether oxygens (including phenoxy) is 1. The van der Waals surface area contributed by atoms with Crippen molar-refractivity contribution in [2.45, 2.75) is 12.8 Å². The van der Waals surface area contributed by atoms with Gasteiger partial charge in [-0.3, -0.25) is 4.79 Å². The van der Waals surface area contributed by atoms with Gasteiger partial charge in [0.25, 0.3) is 0 Å². The Morgan fingerprint density at radius 3 is 2.71 bits per heavy atom. The average molecular weight is 441 g/mol. The molecule has 0 radical (unpaired) electrons. The van der Waals surface area contributed by atoms with Crippen LogP contribution in [0.1, 0.15) is 12.8 Å². The third-order valence-electron chi connectivity index (χ3n) is 5.38. The lowest BCUT2D eigenvalue weighted by molar-refractivity contribution is -0.120. The molecular weight excluding hydrogens is 419 g/mol. The van der Waals surface area contributed by atoms with Crippen LogP contribution >= 0.6 is 11.6 Å². The first-order valence-electron chi connectivity index (χ1n) is 10.0. The SMILES string of the molecule is COc1ccc(Cl)cc1NC(=O)C1CCN(c2cc(-c3cccc(F)c3)ncn2)CC1. The van der Waals surface area contributed by atoms with Crippen LogP contribution in [-0.2, 0) is 4.79 Å². The Morgan fingerprint density at radius 1 is 1.16 bits per heavy atom. The number of methoxy groups -OCH3 is 1. The van der Waals surface area contributed by atoms with Gasteiger partial charge in [0.1, 0.15) is 23.7 Å². The number of rotatable bonds is 5. The molecule has 0 aliphatic carbocycles. The standard InChI is InChI=1S/C23H22ClFN4O2/c1-31-21-6-5-17(24)12-20(21)28-23(30)15-7-9-29(10-8-15)22-13-19(26-14-27-22)16-3-2-4-18(25)11-16/h2-6,11-15H,7-10H2,1H3,(H,28,30). The normalized spacial score (nSPS) is 14.4. The summed E-state index contributed by atoms with van der Waals surface area (Å²) in [7, 11) is 1.55. The van der Waals surface area contributed by atoms with Crippen LogP contribution in [0.3, 0.4) is 0 Å². The minimum absolute atomic E-state index is 0.0525. The fourth-order valence-electron chi connectivity index (χ4n) is 3.71. The average Bonchev–Trinajstić information content (AvgIpc) is 2.79. The van der Waals surface area contributed by atoms with Crippen LogP contribution in [0.25, 0.3) is 11.3 Å². The van der Waals surface area contributed by atoms with Crippen LogP contribution in [0.15, 0.2) is 54.9 Å². The highest BCUT2D eigenvalue weighted by molar-refractivity contribution is 6.31. The van der Waals surface area contributed by atoms with Gasteiger partial charge in [-0.25, -0.2) is 14.4 Å². The molecule has 4 rings (SSSR count). The molecule has 2 heterocycles. The van der Waals surface area contributed by atoms with E-state index in [1.54, 1.807) is 31.4 Å². The van der Waals surface area contributed by atoms with Gasteiger partial charge in [0.15, 0.2) is 0 Å². The van der Waals surface area contributed by atoms with Crippen molar-refractivity contribution < 1.29 is 13.9 Å².